The summed E-state index contributed by atoms with van der Waals surface area (Å²) in [4.78, 5) is 8.94. The number of aromatic nitrogens is 2. The van der Waals surface area contributed by atoms with Crippen LogP contribution in [0.25, 0.3) is 0 Å². The monoisotopic (exact) mass is 573 g/mol. The molecule has 0 aliphatic rings. The second-order valence-corrected chi connectivity index (χ2v) is 17.9. The predicted octanol–water partition coefficient (Wildman–Crippen LogP) is 11.6. The standard InChI is InChI=1S/C14H22.2C13H21N/c1-13(2,3)11-7-9-12(10-8-11)14(4,5)6;1-12(2,3)10-7-8-14-11(9-10)13(4,5)6;1-12(2,3)10-7-8-11(14-9-10)13(4,5)6/h7-10H,1-6H3;2*7-9H,1-6H3. The van der Waals surface area contributed by atoms with Crippen molar-refractivity contribution in [1.29, 1.82) is 0 Å². The number of nitrogens with zero attached hydrogens (tertiary/aromatic N) is 2. The average molecular weight is 573 g/mol. The van der Waals surface area contributed by atoms with Gasteiger partial charge in [0.25, 0.3) is 0 Å². The van der Waals surface area contributed by atoms with Crippen LogP contribution in [0.4, 0.5) is 0 Å². The van der Waals surface area contributed by atoms with Gasteiger partial charge >= 0.3 is 0 Å². The minimum Gasteiger partial charge on any atom is -0.261 e. The van der Waals surface area contributed by atoms with E-state index < -0.39 is 0 Å². The molecule has 0 unspecified atom stereocenters. The molecule has 0 saturated heterocycles. The van der Waals surface area contributed by atoms with E-state index in [1.807, 2.05) is 12.4 Å². The van der Waals surface area contributed by atoms with Crippen LogP contribution < -0.4 is 0 Å². The second-order valence-electron chi connectivity index (χ2n) is 17.9. The number of benzene rings is 1. The topological polar surface area (TPSA) is 25.8 Å². The van der Waals surface area contributed by atoms with Crippen LogP contribution in [0.3, 0.4) is 0 Å². The van der Waals surface area contributed by atoms with E-state index in [1.165, 1.54) is 27.9 Å². The summed E-state index contributed by atoms with van der Waals surface area (Å²) in [6.07, 6.45) is 3.92. The van der Waals surface area contributed by atoms with E-state index in [9.17, 15) is 0 Å². The van der Waals surface area contributed by atoms with Gasteiger partial charge in [0.2, 0.25) is 0 Å². The van der Waals surface area contributed by atoms with Gasteiger partial charge in [-0.05, 0) is 62.1 Å². The molecular weight excluding hydrogens is 508 g/mol. The van der Waals surface area contributed by atoms with Crippen molar-refractivity contribution in [2.24, 2.45) is 0 Å². The Morgan fingerprint density at radius 3 is 0.976 bits per heavy atom. The molecule has 0 fully saturated rings. The van der Waals surface area contributed by atoms with Crippen LogP contribution >= 0.6 is 0 Å². The third-order valence-electron chi connectivity index (χ3n) is 7.41. The van der Waals surface area contributed by atoms with Crippen LogP contribution in [0.15, 0.2) is 60.9 Å². The Balaban J connectivity index is 0.000000315. The molecule has 3 aromatic rings. The summed E-state index contributed by atoms with van der Waals surface area (Å²) in [6.45, 7) is 40.0. The van der Waals surface area contributed by atoms with E-state index in [4.69, 9.17) is 0 Å². The van der Waals surface area contributed by atoms with Gasteiger partial charge in [0.15, 0.2) is 0 Å². The summed E-state index contributed by atoms with van der Waals surface area (Å²) in [5.41, 5.74) is 9.02. The summed E-state index contributed by atoms with van der Waals surface area (Å²) in [5.74, 6) is 0. The maximum Gasteiger partial charge on any atom is 0.0459 e. The highest BCUT2D eigenvalue weighted by Crippen LogP contribution is 2.28. The van der Waals surface area contributed by atoms with Crippen molar-refractivity contribution >= 4 is 0 Å². The van der Waals surface area contributed by atoms with Gasteiger partial charge in [0.05, 0.1) is 0 Å². The highest BCUT2D eigenvalue weighted by Gasteiger charge is 2.20. The van der Waals surface area contributed by atoms with Gasteiger partial charge in [-0.3, -0.25) is 9.97 Å². The Hall–Kier alpha value is -2.48. The van der Waals surface area contributed by atoms with Crippen molar-refractivity contribution in [3.63, 3.8) is 0 Å². The van der Waals surface area contributed by atoms with Crippen molar-refractivity contribution in [3.8, 4) is 0 Å². The summed E-state index contributed by atoms with van der Waals surface area (Å²) in [6, 6.07) is 17.7. The largest absolute Gasteiger partial charge is 0.261 e. The van der Waals surface area contributed by atoms with Crippen LogP contribution in [-0.2, 0) is 32.5 Å². The van der Waals surface area contributed by atoms with Crippen molar-refractivity contribution in [3.05, 3.63) is 94.6 Å². The molecule has 2 heteroatoms. The summed E-state index contributed by atoms with van der Waals surface area (Å²) in [7, 11) is 0. The molecule has 0 amide bonds. The van der Waals surface area contributed by atoms with Crippen LogP contribution in [0.5, 0.6) is 0 Å². The molecule has 0 spiro atoms. The molecule has 0 radical (unpaired) electrons. The average Bonchev–Trinajstić information content (AvgIpc) is 2.82. The van der Waals surface area contributed by atoms with E-state index >= 15 is 0 Å². The number of rotatable bonds is 0. The predicted molar refractivity (Wildman–Crippen MR) is 187 cm³/mol. The van der Waals surface area contributed by atoms with Crippen molar-refractivity contribution < 1.29 is 0 Å². The van der Waals surface area contributed by atoms with Gasteiger partial charge in [-0.2, -0.15) is 0 Å². The molecule has 1 aromatic carbocycles. The van der Waals surface area contributed by atoms with Crippen LogP contribution in [0, 0.1) is 0 Å². The first-order valence-electron chi connectivity index (χ1n) is 15.7. The molecule has 234 valence electrons. The number of hydrogen-bond donors (Lipinski definition) is 0. The highest BCUT2D eigenvalue weighted by atomic mass is 14.7. The molecule has 0 aliphatic carbocycles. The molecule has 2 aromatic heterocycles. The first-order valence-corrected chi connectivity index (χ1v) is 15.7. The maximum absolute atomic E-state index is 4.52. The first kappa shape index (κ1) is 37.5. The van der Waals surface area contributed by atoms with Gasteiger partial charge < -0.3 is 0 Å². The smallest absolute Gasteiger partial charge is 0.0459 e. The minimum absolute atomic E-state index is 0.140. The molecule has 2 heterocycles. The van der Waals surface area contributed by atoms with E-state index in [0.29, 0.717) is 0 Å². The van der Waals surface area contributed by atoms with Gasteiger partial charge in [-0.1, -0.05) is 155 Å². The van der Waals surface area contributed by atoms with Gasteiger partial charge in [0, 0.05) is 34.6 Å². The minimum atomic E-state index is 0.140. The molecule has 42 heavy (non-hydrogen) atoms. The first-order chi connectivity index (χ1) is 18.6. The Bertz CT molecular complexity index is 1060. The van der Waals surface area contributed by atoms with Crippen molar-refractivity contribution in [2.45, 2.75) is 157 Å². The zero-order valence-electron chi connectivity index (χ0n) is 30.7. The fourth-order valence-electron chi connectivity index (χ4n) is 4.06. The van der Waals surface area contributed by atoms with Crippen molar-refractivity contribution in [2.75, 3.05) is 0 Å². The lowest BCUT2D eigenvalue weighted by Crippen LogP contribution is -2.17. The van der Waals surface area contributed by atoms with Gasteiger partial charge in [0.1, 0.15) is 0 Å². The van der Waals surface area contributed by atoms with Crippen LogP contribution in [-0.4, -0.2) is 9.97 Å². The quantitative estimate of drug-likeness (QED) is 0.268. The van der Waals surface area contributed by atoms with E-state index in [1.54, 1.807) is 0 Å². The lowest BCUT2D eigenvalue weighted by Gasteiger charge is -2.23. The van der Waals surface area contributed by atoms with E-state index in [2.05, 4.69) is 183 Å². The molecule has 0 aliphatic heterocycles. The Labute approximate surface area is 261 Å². The summed E-state index contributed by atoms with van der Waals surface area (Å²) in [5, 5.41) is 0. The molecule has 2 nitrogen and oxygen atoms in total. The Morgan fingerprint density at radius 2 is 0.690 bits per heavy atom. The van der Waals surface area contributed by atoms with Gasteiger partial charge in [-0.25, -0.2) is 0 Å². The summed E-state index contributed by atoms with van der Waals surface area (Å²) < 4.78 is 0. The lowest BCUT2D eigenvalue weighted by atomic mass is 9.82. The maximum atomic E-state index is 4.52. The molecular formula is C40H64N2. The fraction of sp³-hybridized carbons (Fsp3) is 0.600. The van der Waals surface area contributed by atoms with Crippen LogP contribution in [0.2, 0.25) is 0 Å². The number of hydrogen-bond acceptors (Lipinski definition) is 2. The zero-order chi connectivity index (χ0) is 32.9. The zero-order valence-corrected chi connectivity index (χ0v) is 30.7. The third kappa shape index (κ3) is 12.4. The van der Waals surface area contributed by atoms with E-state index in [0.717, 1.165) is 5.69 Å². The van der Waals surface area contributed by atoms with E-state index in [-0.39, 0.29) is 32.5 Å². The SMILES string of the molecule is CC(C)(C)c1ccc(C(C)(C)C)cc1.CC(C)(C)c1ccc(C(C)(C)C)nc1.CC(C)(C)c1ccnc(C(C)(C)C)c1. The lowest BCUT2D eigenvalue weighted by molar-refractivity contribution is 0.552. The Kier molecular flexibility index (Phi) is 12.0. The van der Waals surface area contributed by atoms with Crippen LogP contribution in [0.1, 0.15) is 158 Å². The molecule has 0 N–H and O–H groups in total. The molecule has 0 atom stereocenters. The second kappa shape index (κ2) is 13.4. The molecule has 0 bridgehead atoms. The molecule has 3 rings (SSSR count). The molecule has 0 saturated carbocycles. The van der Waals surface area contributed by atoms with Gasteiger partial charge in [-0.15, -0.1) is 0 Å². The van der Waals surface area contributed by atoms with Crippen molar-refractivity contribution in [1.82, 2.24) is 9.97 Å². The fourth-order valence-corrected chi connectivity index (χ4v) is 4.06. The number of pyridine rings is 2. The Morgan fingerprint density at radius 1 is 0.333 bits per heavy atom. The summed E-state index contributed by atoms with van der Waals surface area (Å²) >= 11 is 0. The highest BCUT2D eigenvalue weighted by molar-refractivity contribution is 5.31. The third-order valence-corrected chi connectivity index (χ3v) is 7.41. The normalized spacial score (nSPS) is 13.0.